The van der Waals surface area contributed by atoms with E-state index in [0.29, 0.717) is 13.1 Å². The number of hydrogen-bond acceptors (Lipinski definition) is 4. The Morgan fingerprint density at radius 1 is 1.27 bits per heavy atom. The SMILES string of the molecule is CN(CCCCCN)C(=O)CS(C)(=O)=O. The fraction of sp³-hybridized carbons (Fsp3) is 0.889. The summed E-state index contributed by atoms with van der Waals surface area (Å²) in [6.07, 6.45) is 3.83. The topological polar surface area (TPSA) is 80.5 Å². The highest BCUT2D eigenvalue weighted by molar-refractivity contribution is 7.91. The molecule has 0 spiro atoms. The van der Waals surface area contributed by atoms with Crippen LogP contribution >= 0.6 is 0 Å². The Labute approximate surface area is 91.5 Å². The van der Waals surface area contributed by atoms with E-state index in [0.717, 1.165) is 25.5 Å². The Hall–Kier alpha value is -0.620. The van der Waals surface area contributed by atoms with Gasteiger partial charge in [-0.2, -0.15) is 0 Å². The number of carbonyl (C=O) groups is 1. The fourth-order valence-electron chi connectivity index (χ4n) is 1.13. The fourth-order valence-corrected chi connectivity index (χ4v) is 1.80. The van der Waals surface area contributed by atoms with Crippen molar-refractivity contribution in [1.29, 1.82) is 0 Å². The van der Waals surface area contributed by atoms with Crippen LogP contribution in [0.1, 0.15) is 19.3 Å². The molecule has 1 amide bonds. The summed E-state index contributed by atoms with van der Waals surface area (Å²) in [7, 11) is -1.59. The zero-order valence-corrected chi connectivity index (χ0v) is 10.2. The number of rotatable bonds is 7. The predicted molar refractivity (Wildman–Crippen MR) is 60.3 cm³/mol. The van der Waals surface area contributed by atoms with E-state index in [-0.39, 0.29) is 5.91 Å². The van der Waals surface area contributed by atoms with Crippen LogP contribution in [0.2, 0.25) is 0 Å². The van der Waals surface area contributed by atoms with Gasteiger partial charge in [-0.15, -0.1) is 0 Å². The monoisotopic (exact) mass is 236 g/mol. The van der Waals surface area contributed by atoms with E-state index < -0.39 is 15.6 Å². The molecule has 0 saturated heterocycles. The molecule has 2 N–H and O–H groups in total. The molecule has 0 radical (unpaired) electrons. The van der Waals surface area contributed by atoms with E-state index >= 15 is 0 Å². The highest BCUT2D eigenvalue weighted by atomic mass is 32.2. The first-order chi connectivity index (χ1) is 6.87. The van der Waals surface area contributed by atoms with Gasteiger partial charge in [-0.3, -0.25) is 4.79 Å². The van der Waals surface area contributed by atoms with Crippen molar-refractivity contribution < 1.29 is 13.2 Å². The predicted octanol–water partition coefficient (Wildman–Crippen LogP) is -0.382. The molecule has 0 aromatic heterocycles. The normalized spacial score (nSPS) is 11.4. The molecule has 0 saturated carbocycles. The number of hydrogen-bond donors (Lipinski definition) is 1. The van der Waals surface area contributed by atoms with Crippen LogP contribution < -0.4 is 5.73 Å². The standard InChI is InChI=1S/C9H20N2O3S/c1-11(7-5-3-4-6-10)9(12)8-15(2,13)14/h3-8,10H2,1-2H3. The Bertz CT molecular complexity index is 288. The van der Waals surface area contributed by atoms with Gasteiger partial charge in [0.25, 0.3) is 0 Å². The lowest BCUT2D eigenvalue weighted by molar-refractivity contribution is -0.127. The molecule has 0 aromatic rings. The number of carbonyl (C=O) groups excluding carboxylic acids is 1. The van der Waals surface area contributed by atoms with Gasteiger partial charge in [0, 0.05) is 19.8 Å². The molecule has 5 nitrogen and oxygen atoms in total. The average molecular weight is 236 g/mol. The summed E-state index contributed by atoms with van der Waals surface area (Å²) >= 11 is 0. The van der Waals surface area contributed by atoms with Crippen LogP contribution in [-0.2, 0) is 14.6 Å². The Morgan fingerprint density at radius 2 is 1.87 bits per heavy atom. The van der Waals surface area contributed by atoms with Gasteiger partial charge in [-0.1, -0.05) is 6.42 Å². The average Bonchev–Trinajstić information content (AvgIpc) is 2.09. The van der Waals surface area contributed by atoms with E-state index in [4.69, 9.17) is 5.73 Å². The lowest BCUT2D eigenvalue weighted by atomic mass is 10.2. The molecule has 0 aromatic carbocycles. The van der Waals surface area contributed by atoms with Crippen LogP contribution in [-0.4, -0.2) is 51.4 Å². The van der Waals surface area contributed by atoms with Crippen molar-refractivity contribution in [3.63, 3.8) is 0 Å². The van der Waals surface area contributed by atoms with Crippen LogP contribution in [0.25, 0.3) is 0 Å². The van der Waals surface area contributed by atoms with Gasteiger partial charge in [0.15, 0.2) is 9.84 Å². The zero-order valence-electron chi connectivity index (χ0n) is 9.40. The molecule has 15 heavy (non-hydrogen) atoms. The summed E-state index contributed by atoms with van der Waals surface area (Å²) in [4.78, 5) is 12.8. The Balaban J connectivity index is 3.80. The van der Waals surface area contributed by atoms with Gasteiger partial charge >= 0.3 is 0 Å². The number of amides is 1. The zero-order chi connectivity index (χ0) is 11.9. The van der Waals surface area contributed by atoms with Gasteiger partial charge in [0.1, 0.15) is 5.75 Å². The molecule has 0 rings (SSSR count). The molecular formula is C9H20N2O3S. The van der Waals surface area contributed by atoms with Crippen molar-refractivity contribution >= 4 is 15.7 Å². The van der Waals surface area contributed by atoms with Gasteiger partial charge in [0.05, 0.1) is 0 Å². The summed E-state index contributed by atoms with van der Waals surface area (Å²) in [5.41, 5.74) is 5.33. The van der Waals surface area contributed by atoms with Crippen LogP contribution in [0, 0.1) is 0 Å². The van der Waals surface area contributed by atoms with Crippen molar-refractivity contribution in [2.45, 2.75) is 19.3 Å². The van der Waals surface area contributed by atoms with E-state index in [1.807, 2.05) is 0 Å². The first kappa shape index (κ1) is 14.4. The molecule has 0 aliphatic heterocycles. The van der Waals surface area contributed by atoms with Crippen LogP contribution in [0.15, 0.2) is 0 Å². The van der Waals surface area contributed by atoms with Crippen LogP contribution in [0.4, 0.5) is 0 Å². The number of unbranched alkanes of at least 4 members (excludes halogenated alkanes) is 2. The highest BCUT2D eigenvalue weighted by Gasteiger charge is 2.14. The molecule has 90 valence electrons. The van der Waals surface area contributed by atoms with Crippen molar-refractivity contribution in [2.24, 2.45) is 5.73 Å². The molecule has 0 bridgehead atoms. The first-order valence-electron chi connectivity index (χ1n) is 4.98. The maximum atomic E-state index is 11.3. The maximum Gasteiger partial charge on any atom is 0.237 e. The van der Waals surface area contributed by atoms with E-state index in [2.05, 4.69) is 0 Å². The lowest BCUT2D eigenvalue weighted by Crippen LogP contribution is -2.32. The molecule has 0 fully saturated rings. The molecule has 0 aliphatic rings. The van der Waals surface area contributed by atoms with Gasteiger partial charge < -0.3 is 10.6 Å². The molecule has 0 heterocycles. The Kier molecular flexibility index (Phi) is 6.51. The van der Waals surface area contributed by atoms with Crippen molar-refractivity contribution in [3.8, 4) is 0 Å². The van der Waals surface area contributed by atoms with E-state index in [1.165, 1.54) is 4.90 Å². The van der Waals surface area contributed by atoms with Gasteiger partial charge in [-0.25, -0.2) is 8.42 Å². The maximum absolute atomic E-state index is 11.3. The first-order valence-corrected chi connectivity index (χ1v) is 7.04. The molecular weight excluding hydrogens is 216 g/mol. The van der Waals surface area contributed by atoms with E-state index in [1.54, 1.807) is 7.05 Å². The lowest BCUT2D eigenvalue weighted by Gasteiger charge is -2.16. The summed E-state index contributed by atoms with van der Waals surface area (Å²) in [6.45, 7) is 1.25. The summed E-state index contributed by atoms with van der Waals surface area (Å²) in [5, 5.41) is 0. The summed E-state index contributed by atoms with van der Waals surface area (Å²) in [6, 6.07) is 0. The summed E-state index contributed by atoms with van der Waals surface area (Å²) < 4.78 is 21.7. The smallest absolute Gasteiger partial charge is 0.237 e. The van der Waals surface area contributed by atoms with Crippen molar-refractivity contribution in [1.82, 2.24) is 4.90 Å². The van der Waals surface area contributed by atoms with Crippen molar-refractivity contribution in [2.75, 3.05) is 32.1 Å². The Morgan fingerprint density at radius 3 is 2.33 bits per heavy atom. The largest absolute Gasteiger partial charge is 0.345 e. The number of nitrogens with zero attached hydrogens (tertiary/aromatic N) is 1. The quantitative estimate of drug-likeness (QED) is 0.611. The third kappa shape index (κ3) is 8.38. The second-order valence-corrected chi connectivity index (χ2v) is 5.87. The molecule has 0 unspecified atom stereocenters. The minimum absolute atomic E-state index is 0.342. The van der Waals surface area contributed by atoms with Crippen LogP contribution in [0.5, 0.6) is 0 Å². The minimum Gasteiger partial charge on any atom is -0.345 e. The van der Waals surface area contributed by atoms with Crippen molar-refractivity contribution in [3.05, 3.63) is 0 Å². The molecule has 0 aliphatic carbocycles. The van der Waals surface area contributed by atoms with E-state index in [9.17, 15) is 13.2 Å². The third-order valence-corrected chi connectivity index (χ3v) is 2.78. The number of nitrogens with two attached hydrogens (primary N) is 1. The third-order valence-electron chi connectivity index (χ3n) is 2.01. The van der Waals surface area contributed by atoms with Gasteiger partial charge in [0.2, 0.25) is 5.91 Å². The second-order valence-electron chi connectivity index (χ2n) is 3.73. The van der Waals surface area contributed by atoms with Gasteiger partial charge in [-0.05, 0) is 19.4 Å². The summed E-state index contributed by atoms with van der Waals surface area (Å²) in [5.74, 6) is -0.745. The second kappa shape index (κ2) is 6.79. The molecule has 6 heteroatoms. The minimum atomic E-state index is -3.21. The number of sulfone groups is 1. The van der Waals surface area contributed by atoms with Crippen LogP contribution in [0.3, 0.4) is 0 Å². The highest BCUT2D eigenvalue weighted by Crippen LogP contribution is 1.97. The molecule has 0 atom stereocenters.